The molecule has 0 radical (unpaired) electrons. The van der Waals surface area contributed by atoms with Crippen LogP contribution in [0.5, 0.6) is 0 Å². The molecule has 0 unspecified atom stereocenters. The Bertz CT molecular complexity index is 195. The Morgan fingerprint density at radius 2 is 2.00 bits per heavy atom. The van der Waals surface area contributed by atoms with E-state index in [1.165, 1.54) is 19.3 Å². The number of aliphatic hydroxyl groups is 1. The smallest absolute Gasteiger partial charge is 0.0928 e. The summed E-state index contributed by atoms with van der Waals surface area (Å²) < 4.78 is 0. The summed E-state index contributed by atoms with van der Waals surface area (Å²) in [6, 6.07) is 0. The fraction of sp³-hybridized carbons (Fsp3) is 1.00. The third kappa shape index (κ3) is 2.27. The van der Waals surface area contributed by atoms with Gasteiger partial charge in [-0.05, 0) is 52.4 Å². The largest absolute Gasteiger partial charge is 0.387 e. The molecule has 14 heavy (non-hydrogen) atoms. The Morgan fingerprint density at radius 3 is 2.50 bits per heavy atom. The molecular formula is C11H22N2O. The van der Waals surface area contributed by atoms with Gasteiger partial charge in [-0.2, -0.15) is 0 Å². The highest BCUT2D eigenvalue weighted by Gasteiger charge is 2.51. The minimum atomic E-state index is -0.294. The van der Waals surface area contributed by atoms with Crippen molar-refractivity contribution < 1.29 is 5.11 Å². The van der Waals surface area contributed by atoms with E-state index in [-0.39, 0.29) is 5.60 Å². The van der Waals surface area contributed by atoms with Gasteiger partial charge in [0.05, 0.1) is 5.60 Å². The molecule has 2 fully saturated rings. The highest BCUT2D eigenvalue weighted by atomic mass is 16.3. The maximum absolute atomic E-state index is 10.1. The predicted molar refractivity (Wildman–Crippen MR) is 57.3 cm³/mol. The maximum atomic E-state index is 10.1. The molecule has 0 aromatic heterocycles. The van der Waals surface area contributed by atoms with Gasteiger partial charge in [-0.1, -0.05) is 0 Å². The highest BCUT2D eigenvalue weighted by molar-refractivity contribution is 5.05. The third-order valence-corrected chi connectivity index (χ3v) is 3.41. The first-order valence-electron chi connectivity index (χ1n) is 5.70. The van der Waals surface area contributed by atoms with Crippen LogP contribution in [0.1, 0.15) is 19.3 Å². The van der Waals surface area contributed by atoms with E-state index in [0.29, 0.717) is 5.92 Å². The van der Waals surface area contributed by atoms with E-state index in [1.54, 1.807) is 0 Å². The second kappa shape index (κ2) is 3.80. The molecule has 0 spiro atoms. The van der Waals surface area contributed by atoms with Crippen LogP contribution in [0.2, 0.25) is 0 Å². The van der Waals surface area contributed by atoms with Crippen LogP contribution < -0.4 is 0 Å². The average Bonchev–Trinajstić information content (AvgIpc) is 2.82. The van der Waals surface area contributed by atoms with Crippen LogP contribution in [0.4, 0.5) is 0 Å². The first-order valence-corrected chi connectivity index (χ1v) is 5.70. The first kappa shape index (κ1) is 10.4. The minimum Gasteiger partial charge on any atom is -0.387 e. The lowest BCUT2D eigenvalue weighted by molar-refractivity contribution is -0.113. The van der Waals surface area contributed by atoms with Gasteiger partial charge >= 0.3 is 0 Å². The second-order valence-corrected chi connectivity index (χ2v) is 5.25. The molecule has 0 aromatic carbocycles. The highest BCUT2D eigenvalue weighted by Crippen LogP contribution is 2.44. The van der Waals surface area contributed by atoms with Gasteiger partial charge in [0.2, 0.25) is 0 Å². The van der Waals surface area contributed by atoms with E-state index >= 15 is 0 Å². The molecule has 1 saturated carbocycles. The van der Waals surface area contributed by atoms with Crippen LogP contribution in [-0.4, -0.2) is 60.8 Å². The zero-order valence-corrected chi connectivity index (χ0v) is 9.37. The van der Waals surface area contributed by atoms with Crippen LogP contribution in [0.3, 0.4) is 0 Å². The van der Waals surface area contributed by atoms with E-state index in [0.717, 1.165) is 26.2 Å². The van der Waals surface area contributed by atoms with Gasteiger partial charge in [0.15, 0.2) is 0 Å². The zero-order chi connectivity index (χ0) is 10.2. The van der Waals surface area contributed by atoms with Crippen molar-refractivity contribution in [3.8, 4) is 0 Å². The molecule has 0 aromatic rings. The summed E-state index contributed by atoms with van der Waals surface area (Å²) in [5.74, 6) is 0.632. The van der Waals surface area contributed by atoms with Crippen molar-refractivity contribution in [2.75, 3.05) is 40.3 Å². The van der Waals surface area contributed by atoms with E-state index in [9.17, 15) is 5.11 Å². The lowest BCUT2D eigenvalue weighted by Crippen LogP contribution is -2.63. The van der Waals surface area contributed by atoms with Gasteiger partial charge < -0.3 is 10.0 Å². The van der Waals surface area contributed by atoms with E-state index in [2.05, 4.69) is 23.9 Å². The fourth-order valence-electron chi connectivity index (χ4n) is 2.38. The summed E-state index contributed by atoms with van der Waals surface area (Å²) in [7, 11) is 4.22. The van der Waals surface area contributed by atoms with Gasteiger partial charge in [0, 0.05) is 13.1 Å². The first-order chi connectivity index (χ1) is 6.60. The normalized spacial score (nSPS) is 26.6. The summed E-state index contributed by atoms with van der Waals surface area (Å²) >= 11 is 0. The predicted octanol–water partition coefficient (Wildman–Crippen LogP) is 0.395. The van der Waals surface area contributed by atoms with E-state index in [1.807, 2.05) is 0 Å². The Morgan fingerprint density at radius 1 is 1.36 bits per heavy atom. The van der Waals surface area contributed by atoms with E-state index in [4.69, 9.17) is 0 Å². The number of likely N-dealkylation sites (tertiary alicyclic amines) is 1. The van der Waals surface area contributed by atoms with Crippen molar-refractivity contribution >= 4 is 0 Å². The SMILES string of the molecule is CN(C)CCCN1CC(O)(C2CC2)C1. The average molecular weight is 198 g/mol. The Labute approximate surface area is 86.7 Å². The fourth-order valence-corrected chi connectivity index (χ4v) is 2.38. The van der Waals surface area contributed by atoms with Gasteiger partial charge in [-0.3, -0.25) is 4.90 Å². The van der Waals surface area contributed by atoms with Crippen molar-refractivity contribution in [2.24, 2.45) is 5.92 Å². The third-order valence-electron chi connectivity index (χ3n) is 3.41. The molecule has 1 saturated heterocycles. The van der Waals surface area contributed by atoms with Crippen LogP contribution in [0.25, 0.3) is 0 Å². The molecule has 0 bridgehead atoms. The molecular weight excluding hydrogens is 176 g/mol. The number of rotatable bonds is 5. The van der Waals surface area contributed by atoms with Gasteiger partial charge in [-0.15, -0.1) is 0 Å². The summed E-state index contributed by atoms with van der Waals surface area (Å²) in [5, 5.41) is 10.1. The van der Waals surface area contributed by atoms with E-state index < -0.39 is 0 Å². The summed E-state index contributed by atoms with van der Waals surface area (Å²) in [6.07, 6.45) is 3.72. The van der Waals surface area contributed by atoms with Crippen molar-refractivity contribution in [1.29, 1.82) is 0 Å². The molecule has 2 aliphatic rings. The molecule has 1 aliphatic heterocycles. The van der Waals surface area contributed by atoms with Crippen molar-refractivity contribution in [3.05, 3.63) is 0 Å². The summed E-state index contributed by atoms with van der Waals surface area (Å²) in [6.45, 7) is 4.14. The minimum absolute atomic E-state index is 0.294. The Hall–Kier alpha value is -0.120. The summed E-state index contributed by atoms with van der Waals surface area (Å²) in [4.78, 5) is 4.59. The second-order valence-electron chi connectivity index (χ2n) is 5.25. The van der Waals surface area contributed by atoms with Gasteiger partial charge in [0.1, 0.15) is 0 Å². The molecule has 1 N–H and O–H groups in total. The number of hydrogen-bond acceptors (Lipinski definition) is 3. The Balaban J connectivity index is 1.58. The van der Waals surface area contributed by atoms with Crippen molar-refractivity contribution in [2.45, 2.75) is 24.9 Å². The van der Waals surface area contributed by atoms with Crippen LogP contribution in [0.15, 0.2) is 0 Å². The van der Waals surface area contributed by atoms with Crippen molar-refractivity contribution in [1.82, 2.24) is 9.80 Å². The molecule has 1 heterocycles. The monoisotopic (exact) mass is 198 g/mol. The van der Waals surface area contributed by atoms with Crippen LogP contribution >= 0.6 is 0 Å². The number of β-amino-alcohol motifs (C(OH)–C–C–N with tert-alkyl or cyclic N) is 1. The zero-order valence-electron chi connectivity index (χ0n) is 9.37. The molecule has 3 heteroatoms. The van der Waals surface area contributed by atoms with Crippen LogP contribution in [-0.2, 0) is 0 Å². The molecule has 1 aliphatic carbocycles. The summed E-state index contributed by atoms with van der Waals surface area (Å²) in [5.41, 5.74) is -0.294. The standard InChI is InChI=1S/C11H22N2O/c1-12(2)6-3-7-13-8-11(14,9-13)10-4-5-10/h10,14H,3-9H2,1-2H3. The van der Waals surface area contributed by atoms with Crippen molar-refractivity contribution in [3.63, 3.8) is 0 Å². The topological polar surface area (TPSA) is 26.7 Å². The number of hydrogen-bond donors (Lipinski definition) is 1. The van der Waals surface area contributed by atoms with Gasteiger partial charge in [0.25, 0.3) is 0 Å². The number of nitrogens with zero attached hydrogens (tertiary/aromatic N) is 2. The molecule has 2 rings (SSSR count). The van der Waals surface area contributed by atoms with Crippen LogP contribution in [0, 0.1) is 5.92 Å². The molecule has 3 nitrogen and oxygen atoms in total. The molecule has 0 amide bonds. The van der Waals surface area contributed by atoms with Gasteiger partial charge in [-0.25, -0.2) is 0 Å². The maximum Gasteiger partial charge on any atom is 0.0928 e. The Kier molecular flexibility index (Phi) is 2.82. The quantitative estimate of drug-likeness (QED) is 0.692. The lowest BCUT2D eigenvalue weighted by atomic mass is 9.88. The molecule has 0 atom stereocenters. The lowest BCUT2D eigenvalue weighted by Gasteiger charge is -2.47. The molecule has 82 valence electrons.